The van der Waals surface area contributed by atoms with E-state index in [2.05, 4.69) is 31.0 Å². The Balaban J connectivity index is 1.84. The van der Waals surface area contributed by atoms with E-state index in [-0.39, 0.29) is 0 Å². The average molecular weight is 266 g/mol. The van der Waals surface area contributed by atoms with E-state index in [0.717, 1.165) is 23.9 Å². The van der Waals surface area contributed by atoms with E-state index >= 15 is 0 Å². The minimum atomic E-state index is 0.721. The summed E-state index contributed by atoms with van der Waals surface area (Å²) in [7, 11) is 0. The smallest absolute Gasteiger partial charge is 0.0224 e. The van der Waals surface area contributed by atoms with Gasteiger partial charge in [-0.3, -0.25) is 4.90 Å². The second kappa shape index (κ2) is 7.64. The zero-order valence-electron chi connectivity index (χ0n) is 13.3. The molecule has 2 aliphatic rings. The molecule has 1 aliphatic heterocycles. The van der Waals surface area contributed by atoms with Crippen LogP contribution in [0.15, 0.2) is 0 Å². The lowest BCUT2D eigenvalue weighted by Crippen LogP contribution is -2.58. The van der Waals surface area contributed by atoms with Gasteiger partial charge in [0.25, 0.3) is 0 Å². The van der Waals surface area contributed by atoms with E-state index in [4.69, 9.17) is 0 Å². The van der Waals surface area contributed by atoms with E-state index in [9.17, 15) is 0 Å². The summed E-state index contributed by atoms with van der Waals surface area (Å²) in [6.07, 6.45) is 10.0. The summed E-state index contributed by atoms with van der Waals surface area (Å²) in [4.78, 5) is 2.76. The van der Waals surface area contributed by atoms with Gasteiger partial charge in [0.1, 0.15) is 0 Å². The fraction of sp³-hybridized carbons (Fsp3) is 1.00. The van der Waals surface area contributed by atoms with Crippen LogP contribution in [0.3, 0.4) is 0 Å². The molecular weight excluding hydrogens is 232 g/mol. The molecular formula is C17H34N2. The van der Waals surface area contributed by atoms with Gasteiger partial charge in [-0.2, -0.15) is 0 Å². The first-order valence-electron chi connectivity index (χ1n) is 8.68. The summed E-state index contributed by atoms with van der Waals surface area (Å²) in [5.41, 5.74) is 0. The largest absolute Gasteiger partial charge is 0.311 e. The molecule has 1 aliphatic carbocycles. The van der Waals surface area contributed by atoms with E-state index in [0.29, 0.717) is 0 Å². The first-order chi connectivity index (χ1) is 9.20. The van der Waals surface area contributed by atoms with Gasteiger partial charge in [0.15, 0.2) is 0 Å². The molecule has 0 bridgehead atoms. The maximum atomic E-state index is 3.83. The number of hydrogen-bond acceptors (Lipinski definition) is 2. The van der Waals surface area contributed by atoms with Gasteiger partial charge in [-0.05, 0) is 38.0 Å². The second-order valence-corrected chi connectivity index (χ2v) is 7.11. The summed E-state index contributed by atoms with van der Waals surface area (Å²) >= 11 is 0. The van der Waals surface area contributed by atoms with Crippen molar-refractivity contribution in [3.63, 3.8) is 0 Å². The van der Waals surface area contributed by atoms with Crippen LogP contribution >= 0.6 is 0 Å². The summed E-state index contributed by atoms with van der Waals surface area (Å²) in [6, 6.07) is 1.49. The third-order valence-corrected chi connectivity index (χ3v) is 5.28. The molecule has 2 nitrogen and oxygen atoms in total. The van der Waals surface area contributed by atoms with Gasteiger partial charge in [-0.1, -0.05) is 39.5 Å². The van der Waals surface area contributed by atoms with Crippen LogP contribution in [0, 0.1) is 11.8 Å². The van der Waals surface area contributed by atoms with Gasteiger partial charge in [0, 0.05) is 31.7 Å². The highest BCUT2D eigenvalue weighted by Gasteiger charge is 2.31. The van der Waals surface area contributed by atoms with Gasteiger partial charge in [0.2, 0.25) is 0 Å². The fourth-order valence-corrected chi connectivity index (χ4v) is 4.04. The quantitative estimate of drug-likeness (QED) is 0.817. The van der Waals surface area contributed by atoms with Gasteiger partial charge in [-0.25, -0.2) is 0 Å². The van der Waals surface area contributed by atoms with Crippen molar-refractivity contribution in [2.75, 3.05) is 19.6 Å². The third kappa shape index (κ3) is 4.46. The van der Waals surface area contributed by atoms with Gasteiger partial charge in [0.05, 0.1) is 0 Å². The molecule has 0 amide bonds. The highest BCUT2D eigenvalue weighted by molar-refractivity contribution is 4.89. The summed E-state index contributed by atoms with van der Waals surface area (Å²) < 4.78 is 0. The van der Waals surface area contributed by atoms with E-state index in [1.165, 1.54) is 64.6 Å². The van der Waals surface area contributed by atoms with Gasteiger partial charge in [-0.15, -0.1) is 0 Å². The highest BCUT2D eigenvalue weighted by atomic mass is 15.2. The van der Waals surface area contributed by atoms with Crippen LogP contribution in [-0.4, -0.2) is 36.6 Å². The molecule has 3 atom stereocenters. The SMILES string of the molecule is CCCC(C)CN1CC(C2CCCCC2)NCC1C. The predicted octanol–water partition coefficient (Wildman–Crippen LogP) is 3.67. The summed E-state index contributed by atoms with van der Waals surface area (Å²) in [5.74, 6) is 1.81. The fourth-order valence-electron chi connectivity index (χ4n) is 4.04. The van der Waals surface area contributed by atoms with Crippen LogP contribution in [0.25, 0.3) is 0 Å². The van der Waals surface area contributed by atoms with Crippen molar-refractivity contribution < 1.29 is 0 Å². The number of hydrogen-bond donors (Lipinski definition) is 1. The zero-order chi connectivity index (χ0) is 13.7. The van der Waals surface area contributed by atoms with E-state index < -0.39 is 0 Å². The highest BCUT2D eigenvalue weighted by Crippen LogP contribution is 2.28. The first kappa shape index (κ1) is 15.3. The van der Waals surface area contributed by atoms with Gasteiger partial charge < -0.3 is 5.32 Å². The maximum Gasteiger partial charge on any atom is 0.0224 e. The average Bonchev–Trinajstić information content (AvgIpc) is 2.42. The molecule has 2 fully saturated rings. The third-order valence-electron chi connectivity index (χ3n) is 5.28. The normalized spacial score (nSPS) is 32.4. The Bertz CT molecular complexity index is 248. The molecule has 1 N–H and O–H groups in total. The van der Waals surface area contributed by atoms with Crippen molar-refractivity contribution in [1.29, 1.82) is 0 Å². The number of rotatable bonds is 5. The molecule has 3 unspecified atom stereocenters. The molecule has 0 aromatic heterocycles. The topological polar surface area (TPSA) is 15.3 Å². The summed E-state index contributed by atoms with van der Waals surface area (Å²) in [6.45, 7) is 10.9. The Morgan fingerprint density at radius 1 is 1.21 bits per heavy atom. The molecule has 19 heavy (non-hydrogen) atoms. The minimum Gasteiger partial charge on any atom is -0.311 e. The molecule has 112 valence electrons. The van der Waals surface area contributed by atoms with Crippen molar-refractivity contribution >= 4 is 0 Å². The van der Waals surface area contributed by atoms with Crippen molar-refractivity contribution in [1.82, 2.24) is 10.2 Å². The standard InChI is InChI=1S/C17H34N2/c1-4-8-14(2)12-19-13-17(18-11-15(19)3)16-9-6-5-7-10-16/h14-18H,4-13H2,1-3H3. The van der Waals surface area contributed by atoms with Crippen LogP contribution in [0.5, 0.6) is 0 Å². The van der Waals surface area contributed by atoms with Crippen LogP contribution < -0.4 is 5.32 Å². The molecule has 1 saturated heterocycles. The van der Waals surface area contributed by atoms with Crippen molar-refractivity contribution in [2.24, 2.45) is 11.8 Å². The molecule has 1 heterocycles. The van der Waals surface area contributed by atoms with Gasteiger partial charge >= 0.3 is 0 Å². The molecule has 2 rings (SSSR count). The summed E-state index contributed by atoms with van der Waals surface area (Å²) in [5, 5.41) is 3.83. The zero-order valence-corrected chi connectivity index (χ0v) is 13.3. The van der Waals surface area contributed by atoms with Crippen molar-refractivity contribution in [3.8, 4) is 0 Å². The monoisotopic (exact) mass is 266 g/mol. The molecule has 0 aromatic carbocycles. The van der Waals surface area contributed by atoms with E-state index in [1.807, 2.05) is 0 Å². The molecule has 0 aromatic rings. The Morgan fingerprint density at radius 2 is 1.95 bits per heavy atom. The Kier molecular flexibility index (Phi) is 6.15. The number of nitrogens with one attached hydrogen (secondary N) is 1. The Morgan fingerprint density at radius 3 is 2.63 bits per heavy atom. The van der Waals surface area contributed by atoms with Crippen LogP contribution in [0.1, 0.15) is 65.7 Å². The lowest BCUT2D eigenvalue weighted by Gasteiger charge is -2.43. The first-order valence-corrected chi connectivity index (χ1v) is 8.68. The van der Waals surface area contributed by atoms with E-state index in [1.54, 1.807) is 0 Å². The Labute approximate surface area is 120 Å². The van der Waals surface area contributed by atoms with Crippen LogP contribution in [0.2, 0.25) is 0 Å². The minimum absolute atomic E-state index is 0.721. The van der Waals surface area contributed by atoms with Crippen LogP contribution in [0.4, 0.5) is 0 Å². The lowest BCUT2D eigenvalue weighted by atomic mass is 9.82. The van der Waals surface area contributed by atoms with Crippen molar-refractivity contribution in [2.45, 2.75) is 77.8 Å². The molecule has 2 heteroatoms. The number of piperazine rings is 1. The predicted molar refractivity (Wildman–Crippen MR) is 83.5 cm³/mol. The van der Waals surface area contributed by atoms with Crippen LogP contribution in [-0.2, 0) is 0 Å². The van der Waals surface area contributed by atoms with Crippen molar-refractivity contribution in [3.05, 3.63) is 0 Å². The Hall–Kier alpha value is -0.0800. The number of nitrogens with zero attached hydrogens (tertiary/aromatic N) is 1. The maximum absolute atomic E-state index is 3.83. The molecule has 0 spiro atoms. The molecule has 0 radical (unpaired) electrons. The second-order valence-electron chi connectivity index (χ2n) is 7.11. The lowest BCUT2D eigenvalue weighted by molar-refractivity contribution is 0.0901. The molecule has 1 saturated carbocycles.